The van der Waals surface area contributed by atoms with Gasteiger partial charge in [0.25, 0.3) is 0 Å². The molecule has 0 aromatic heterocycles. The second-order valence-electron chi connectivity index (χ2n) is 6.80. The quantitative estimate of drug-likeness (QED) is 0.195. The molecule has 0 radical (unpaired) electrons. The normalized spacial score (nSPS) is 15.6. The van der Waals surface area contributed by atoms with Crippen LogP contribution < -0.4 is 10.6 Å². The van der Waals surface area contributed by atoms with Crippen LogP contribution in [0.15, 0.2) is 40.2 Å². The lowest BCUT2D eigenvalue weighted by Crippen LogP contribution is -2.39. The van der Waals surface area contributed by atoms with Gasteiger partial charge in [-0.1, -0.05) is 18.2 Å². The van der Waals surface area contributed by atoms with Crippen LogP contribution in [0.5, 0.6) is 0 Å². The molecule has 1 fully saturated rings. The monoisotopic (exact) mass is 539 g/mol. The van der Waals surface area contributed by atoms with E-state index in [4.69, 9.17) is 9.47 Å². The summed E-state index contributed by atoms with van der Waals surface area (Å²) in [6.45, 7) is 6.81. The van der Waals surface area contributed by atoms with Crippen molar-refractivity contribution in [3.8, 4) is 0 Å². The molecule has 0 bridgehead atoms. The molecule has 0 atom stereocenters. The van der Waals surface area contributed by atoms with Gasteiger partial charge < -0.3 is 20.1 Å². The lowest BCUT2D eigenvalue weighted by atomic mass is 10.0. The Morgan fingerprint density at radius 1 is 1.21 bits per heavy atom. The summed E-state index contributed by atoms with van der Waals surface area (Å²) in [7, 11) is -3.29. The number of guanidine groups is 1. The molecule has 9 heteroatoms. The van der Waals surface area contributed by atoms with Gasteiger partial charge in [-0.25, -0.2) is 8.42 Å². The number of nitrogens with zero attached hydrogens (tertiary/aromatic N) is 1. The maximum absolute atomic E-state index is 12.3. The van der Waals surface area contributed by atoms with E-state index in [1.54, 1.807) is 30.3 Å². The predicted molar refractivity (Wildman–Crippen MR) is 127 cm³/mol. The number of nitrogens with one attached hydrogen (secondary N) is 2. The first kappa shape index (κ1) is 26.1. The van der Waals surface area contributed by atoms with Crippen LogP contribution in [0.2, 0.25) is 0 Å². The Balaban J connectivity index is 0.00000420. The third kappa shape index (κ3) is 10.6. The van der Waals surface area contributed by atoms with Crippen molar-refractivity contribution in [2.45, 2.75) is 31.1 Å². The van der Waals surface area contributed by atoms with Crippen LogP contribution in [0.4, 0.5) is 0 Å². The average molecular weight is 539 g/mol. The number of hydrogen-bond acceptors (Lipinski definition) is 5. The van der Waals surface area contributed by atoms with Crippen LogP contribution in [0.3, 0.4) is 0 Å². The van der Waals surface area contributed by atoms with Gasteiger partial charge in [-0.05, 0) is 44.2 Å². The third-order valence-electron chi connectivity index (χ3n) is 4.52. The van der Waals surface area contributed by atoms with Crippen molar-refractivity contribution in [1.29, 1.82) is 0 Å². The van der Waals surface area contributed by atoms with E-state index in [1.165, 1.54) is 0 Å². The molecule has 1 heterocycles. The Morgan fingerprint density at radius 2 is 1.93 bits per heavy atom. The van der Waals surface area contributed by atoms with Gasteiger partial charge in [-0.2, -0.15) is 0 Å². The van der Waals surface area contributed by atoms with Gasteiger partial charge in [0, 0.05) is 46.1 Å². The minimum Gasteiger partial charge on any atom is -0.381 e. The predicted octanol–water partition coefficient (Wildman–Crippen LogP) is 2.47. The number of hydrogen-bond donors (Lipinski definition) is 2. The van der Waals surface area contributed by atoms with Crippen LogP contribution in [-0.4, -0.2) is 66.2 Å². The van der Waals surface area contributed by atoms with E-state index in [-0.39, 0.29) is 29.7 Å². The molecular weight excluding hydrogens is 505 g/mol. The van der Waals surface area contributed by atoms with Gasteiger partial charge in [-0.3, -0.25) is 4.99 Å². The highest BCUT2D eigenvalue weighted by atomic mass is 127. The maximum Gasteiger partial charge on any atom is 0.191 e. The van der Waals surface area contributed by atoms with Crippen molar-refractivity contribution in [2.24, 2.45) is 10.9 Å². The molecule has 1 aromatic rings. The van der Waals surface area contributed by atoms with Gasteiger partial charge >= 0.3 is 0 Å². The Bertz CT molecular complexity index is 680. The molecule has 7 nitrogen and oxygen atoms in total. The first-order valence-corrected chi connectivity index (χ1v) is 11.7. The second kappa shape index (κ2) is 15.0. The summed E-state index contributed by atoms with van der Waals surface area (Å²) in [6, 6.07) is 8.51. The van der Waals surface area contributed by atoms with Crippen molar-refractivity contribution in [3.05, 3.63) is 30.3 Å². The van der Waals surface area contributed by atoms with Crippen molar-refractivity contribution in [2.75, 3.05) is 51.8 Å². The summed E-state index contributed by atoms with van der Waals surface area (Å²) in [6.07, 6.45) is 3.00. The molecule has 0 spiro atoms. The Labute approximate surface area is 192 Å². The van der Waals surface area contributed by atoms with E-state index in [0.29, 0.717) is 36.5 Å². The molecule has 166 valence electrons. The van der Waals surface area contributed by atoms with Crippen molar-refractivity contribution in [3.63, 3.8) is 0 Å². The Hall–Kier alpha value is -0.910. The standard InChI is InChI=1S/C20H33N3O4S.HI/c1-2-21-20(22-11-6-13-27-17-18-9-14-26-15-10-18)23-12-16-28(24,25)19-7-4-3-5-8-19;/h3-5,7-8,18H,2,6,9-17H2,1H3,(H2,21,22,23);1H. The molecule has 2 rings (SSSR count). The summed E-state index contributed by atoms with van der Waals surface area (Å²) in [5.41, 5.74) is 0. The summed E-state index contributed by atoms with van der Waals surface area (Å²) >= 11 is 0. The fraction of sp³-hybridized carbons (Fsp3) is 0.650. The highest BCUT2D eigenvalue weighted by Crippen LogP contribution is 2.14. The molecule has 0 amide bonds. The maximum atomic E-state index is 12.3. The molecule has 29 heavy (non-hydrogen) atoms. The number of benzene rings is 1. The molecule has 1 aliphatic rings. The summed E-state index contributed by atoms with van der Waals surface area (Å²) in [4.78, 5) is 4.84. The fourth-order valence-electron chi connectivity index (χ4n) is 2.91. The van der Waals surface area contributed by atoms with Crippen LogP contribution >= 0.6 is 24.0 Å². The Kier molecular flexibility index (Phi) is 13.5. The van der Waals surface area contributed by atoms with Crippen molar-refractivity contribution in [1.82, 2.24) is 10.6 Å². The average Bonchev–Trinajstić information content (AvgIpc) is 2.72. The largest absolute Gasteiger partial charge is 0.381 e. The fourth-order valence-corrected chi connectivity index (χ4v) is 4.09. The first-order chi connectivity index (χ1) is 13.6. The lowest BCUT2D eigenvalue weighted by Gasteiger charge is -2.21. The number of ether oxygens (including phenoxy) is 2. The smallest absolute Gasteiger partial charge is 0.191 e. The molecule has 0 unspecified atom stereocenters. The van der Waals surface area contributed by atoms with E-state index >= 15 is 0 Å². The van der Waals surface area contributed by atoms with Crippen LogP contribution in [0.25, 0.3) is 0 Å². The van der Waals surface area contributed by atoms with Crippen molar-refractivity contribution < 1.29 is 17.9 Å². The lowest BCUT2D eigenvalue weighted by molar-refractivity contribution is 0.0205. The summed E-state index contributed by atoms with van der Waals surface area (Å²) < 4.78 is 35.7. The zero-order chi connectivity index (χ0) is 20.1. The topological polar surface area (TPSA) is 89.0 Å². The van der Waals surface area contributed by atoms with Crippen molar-refractivity contribution >= 4 is 39.8 Å². The SMILES string of the molecule is CCNC(=NCCCOCC1CCOCC1)NCCS(=O)(=O)c1ccccc1.I. The van der Waals surface area contributed by atoms with E-state index in [0.717, 1.165) is 45.6 Å². The van der Waals surface area contributed by atoms with Gasteiger partial charge in [0.15, 0.2) is 15.8 Å². The molecule has 0 saturated carbocycles. The second-order valence-corrected chi connectivity index (χ2v) is 8.91. The molecular formula is C20H34IN3O4S. The van der Waals surface area contributed by atoms with Gasteiger partial charge in [0.05, 0.1) is 10.6 Å². The van der Waals surface area contributed by atoms with E-state index in [2.05, 4.69) is 15.6 Å². The molecule has 1 aliphatic heterocycles. The van der Waals surface area contributed by atoms with Crippen LogP contribution in [-0.2, 0) is 19.3 Å². The summed E-state index contributed by atoms with van der Waals surface area (Å²) in [5, 5.41) is 6.23. The minimum atomic E-state index is -3.29. The number of aliphatic imine (C=N–C) groups is 1. The molecule has 2 N–H and O–H groups in total. The Morgan fingerprint density at radius 3 is 2.62 bits per heavy atom. The van der Waals surface area contributed by atoms with Gasteiger partial charge in [-0.15, -0.1) is 24.0 Å². The number of rotatable bonds is 11. The third-order valence-corrected chi connectivity index (χ3v) is 6.25. The first-order valence-electron chi connectivity index (χ1n) is 10.1. The minimum absolute atomic E-state index is 0. The zero-order valence-electron chi connectivity index (χ0n) is 17.1. The summed E-state index contributed by atoms with van der Waals surface area (Å²) in [5.74, 6) is 1.27. The van der Waals surface area contributed by atoms with E-state index in [1.807, 2.05) is 6.92 Å². The zero-order valence-corrected chi connectivity index (χ0v) is 20.3. The highest BCUT2D eigenvalue weighted by molar-refractivity contribution is 14.0. The van der Waals surface area contributed by atoms with Crippen LogP contribution in [0, 0.1) is 5.92 Å². The molecule has 0 aliphatic carbocycles. The molecule has 1 saturated heterocycles. The van der Waals surface area contributed by atoms with Gasteiger partial charge in [0.2, 0.25) is 0 Å². The molecule has 1 aromatic carbocycles. The van der Waals surface area contributed by atoms with Crippen LogP contribution in [0.1, 0.15) is 26.2 Å². The van der Waals surface area contributed by atoms with E-state index in [9.17, 15) is 8.42 Å². The highest BCUT2D eigenvalue weighted by Gasteiger charge is 2.14. The van der Waals surface area contributed by atoms with E-state index < -0.39 is 9.84 Å². The number of sulfone groups is 1. The van der Waals surface area contributed by atoms with Gasteiger partial charge in [0.1, 0.15) is 0 Å². The number of halogens is 1.